The number of nitrogens with two attached hydrogens (primary N) is 1. The third-order valence-electron chi connectivity index (χ3n) is 2.02. The highest BCUT2D eigenvalue weighted by Crippen LogP contribution is 2.21. The molecule has 0 saturated carbocycles. The second-order valence-corrected chi connectivity index (χ2v) is 3.74. The van der Waals surface area contributed by atoms with Crippen LogP contribution in [0.4, 0.5) is 5.69 Å². The van der Waals surface area contributed by atoms with Crippen molar-refractivity contribution in [2.45, 2.75) is 19.1 Å². The Bertz CT molecular complexity index is 297. The van der Waals surface area contributed by atoms with Crippen LogP contribution in [0.5, 0.6) is 0 Å². The molecule has 78 valence electrons. The lowest BCUT2D eigenvalue weighted by Crippen LogP contribution is -2.19. The van der Waals surface area contributed by atoms with Gasteiger partial charge >= 0.3 is 0 Å². The molecule has 1 rings (SSSR count). The van der Waals surface area contributed by atoms with Crippen LogP contribution in [0.3, 0.4) is 0 Å². The monoisotopic (exact) mass is 213 g/mol. The van der Waals surface area contributed by atoms with Crippen molar-refractivity contribution in [2.24, 2.45) is 0 Å². The molecule has 0 bridgehead atoms. The van der Waals surface area contributed by atoms with Crippen LogP contribution >= 0.6 is 12.6 Å². The molecule has 1 aromatic carbocycles. The second-order valence-electron chi connectivity index (χ2n) is 3.37. The van der Waals surface area contributed by atoms with Crippen molar-refractivity contribution in [1.82, 2.24) is 0 Å². The number of benzene rings is 1. The van der Waals surface area contributed by atoms with Gasteiger partial charge in [0, 0.05) is 11.4 Å². The van der Waals surface area contributed by atoms with Crippen molar-refractivity contribution in [1.29, 1.82) is 0 Å². The van der Waals surface area contributed by atoms with Gasteiger partial charge in [0.15, 0.2) is 0 Å². The first-order chi connectivity index (χ1) is 6.54. The summed E-state index contributed by atoms with van der Waals surface area (Å²) in [6.45, 7) is 1.89. The Kier molecular flexibility index (Phi) is 3.80. The summed E-state index contributed by atoms with van der Waals surface area (Å²) in [4.78, 5) is 0. The van der Waals surface area contributed by atoms with Gasteiger partial charge in [-0.3, -0.25) is 0 Å². The first-order valence-corrected chi connectivity index (χ1v) is 5.02. The number of aliphatic hydroxyl groups excluding tert-OH is 2. The van der Waals surface area contributed by atoms with E-state index in [-0.39, 0.29) is 5.75 Å². The van der Waals surface area contributed by atoms with Gasteiger partial charge in [-0.15, -0.1) is 0 Å². The summed E-state index contributed by atoms with van der Waals surface area (Å²) in [6.07, 6.45) is -1.78. The predicted octanol–water partition coefficient (Wildman–Crippen LogP) is 0.901. The molecular formula is C10H15NO2S. The molecule has 0 fully saturated rings. The summed E-state index contributed by atoms with van der Waals surface area (Å²) in [7, 11) is 0. The van der Waals surface area contributed by atoms with Gasteiger partial charge in [-0.1, -0.05) is 6.07 Å². The maximum Gasteiger partial charge on any atom is 0.106 e. The summed E-state index contributed by atoms with van der Waals surface area (Å²) in [6, 6.07) is 5.27. The smallest absolute Gasteiger partial charge is 0.106 e. The minimum Gasteiger partial charge on any atom is -0.399 e. The number of aryl methyl sites for hydroxylation is 1. The number of nitrogen functional groups attached to an aromatic ring is 1. The highest BCUT2D eigenvalue weighted by molar-refractivity contribution is 7.80. The minimum atomic E-state index is -0.922. The van der Waals surface area contributed by atoms with Crippen LogP contribution in [0.25, 0.3) is 0 Å². The first-order valence-electron chi connectivity index (χ1n) is 4.38. The Hall–Kier alpha value is -0.710. The Morgan fingerprint density at radius 1 is 1.36 bits per heavy atom. The lowest BCUT2D eigenvalue weighted by atomic mass is 10.0. The Balaban J connectivity index is 2.94. The number of rotatable bonds is 3. The van der Waals surface area contributed by atoms with Crippen LogP contribution in [0.15, 0.2) is 18.2 Å². The zero-order valence-electron chi connectivity index (χ0n) is 8.01. The molecule has 0 amide bonds. The van der Waals surface area contributed by atoms with E-state index in [0.29, 0.717) is 11.3 Å². The lowest BCUT2D eigenvalue weighted by molar-refractivity contribution is 0.0338. The summed E-state index contributed by atoms with van der Waals surface area (Å²) in [5, 5.41) is 19.1. The standard InChI is InChI=1S/C10H15NO2S/c1-6-2-7(4-8(11)3-6)10(13)9(12)5-14/h2-4,9-10,12-14H,5,11H2,1H3. The molecule has 0 aliphatic carbocycles. The van der Waals surface area contributed by atoms with E-state index >= 15 is 0 Å². The second kappa shape index (κ2) is 4.68. The van der Waals surface area contributed by atoms with Crippen molar-refractivity contribution >= 4 is 18.3 Å². The molecule has 0 spiro atoms. The van der Waals surface area contributed by atoms with Gasteiger partial charge in [0.05, 0.1) is 6.10 Å². The van der Waals surface area contributed by atoms with Crippen LogP contribution in [-0.4, -0.2) is 22.1 Å². The number of hydrogen-bond acceptors (Lipinski definition) is 4. The Morgan fingerprint density at radius 2 is 2.00 bits per heavy atom. The van der Waals surface area contributed by atoms with Crippen molar-refractivity contribution in [3.63, 3.8) is 0 Å². The third kappa shape index (κ3) is 2.64. The van der Waals surface area contributed by atoms with Gasteiger partial charge in [0.2, 0.25) is 0 Å². The van der Waals surface area contributed by atoms with E-state index in [1.54, 1.807) is 12.1 Å². The highest BCUT2D eigenvalue weighted by atomic mass is 32.1. The molecule has 2 unspecified atom stereocenters. The summed E-state index contributed by atoms with van der Waals surface area (Å²) in [5.41, 5.74) is 7.81. The van der Waals surface area contributed by atoms with Crippen LogP contribution in [-0.2, 0) is 0 Å². The Labute approximate surface area is 89.0 Å². The third-order valence-corrected chi connectivity index (χ3v) is 2.39. The topological polar surface area (TPSA) is 66.5 Å². The van der Waals surface area contributed by atoms with Crippen LogP contribution < -0.4 is 5.73 Å². The van der Waals surface area contributed by atoms with E-state index < -0.39 is 12.2 Å². The fourth-order valence-corrected chi connectivity index (χ4v) is 1.54. The average Bonchev–Trinajstić information content (AvgIpc) is 2.14. The van der Waals surface area contributed by atoms with E-state index in [0.717, 1.165) is 5.56 Å². The zero-order chi connectivity index (χ0) is 10.7. The molecule has 0 aliphatic rings. The van der Waals surface area contributed by atoms with E-state index in [1.165, 1.54) is 0 Å². The van der Waals surface area contributed by atoms with Crippen molar-refractivity contribution < 1.29 is 10.2 Å². The number of thiol groups is 1. The number of aliphatic hydroxyl groups is 2. The fraction of sp³-hybridized carbons (Fsp3) is 0.400. The molecule has 0 saturated heterocycles. The molecule has 4 heteroatoms. The van der Waals surface area contributed by atoms with Gasteiger partial charge in [0.1, 0.15) is 6.10 Å². The van der Waals surface area contributed by atoms with E-state index in [4.69, 9.17) is 5.73 Å². The highest BCUT2D eigenvalue weighted by Gasteiger charge is 2.17. The molecule has 0 radical (unpaired) electrons. The maximum absolute atomic E-state index is 9.68. The first kappa shape index (κ1) is 11.4. The average molecular weight is 213 g/mol. The molecule has 0 aliphatic heterocycles. The van der Waals surface area contributed by atoms with Gasteiger partial charge in [-0.25, -0.2) is 0 Å². The summed E-state index contributed by atoms with van der Waals surface area (Å²) < 4.78 is 0. The van der Waals surface area contributed by atoms with E-state index in [1.807, 2.05) is 13.0 Å². The van der Waals surface area contributed by atoms with Crippen LogP contribution in [0, 0.1) is 6.92 Å². The van der Waals surface area contributed by atoms with Crippen molar-refractivity contribution in [3.8, 4) is 0 Å². The van der Waals surface area contributed by atoms with E-state index in [2.05, 4.69) is 12.6 Å². The molecular weight excluding hydrogens is 198 g/mol. The SMILES string of the molecule is Cc1cc(N)cc(C(O)C(O)CS)c1. The van der Waals surface area contributed by atoms with Gasteiger partial charge in [0.25, 0.3) is 0 Å². The van der Waals surface area contributed by atoms with Crippen molar-refractivity contribution in [2.75, 3.05) is 11.5 Å². The quantitative estimate of drug-likeness (QED) is 0.445. The van der Waals surface area contributed by atoms with Gasteiger partial charge in [-0.05, 0) is 30.2 Å². The molecule has 1 aromatic rings. The minimum absolute atomic E-state index is 0.217. The molecule has 0 aromatic heterocycles. The number of hydrogen-bond donors (Lipinski definition) is 4. The number of anilines is 1. The maximum atomic E-state index is 9.68. The normalized spacial score (nSPS) is 15.1. The summed E-state index contributed by atoms with van der Waals surface area (Å²) in [5.74, 6) is 0.217. The predicted molar refractivity (Wildman–Crippen MR) is 60.4 cm³/mol. The van der Waals surface area contributed by atoms with Crippen molar-refractivity contribution in [3.05, 3.63) is 29.3 Å². The van der Waals surface area contributed by atoms with Gasteiger partial charge < -0.3 is 15.9 Å². The fourth-order valence-electron chi connectivity index (χ4n) is 1.34. The van der Waals surface area contributed by atoms with Crippen LogP contribution in [0.2, 0.25) is 0 Å². The summed E-state index contributed by atoms with van der Waals surface area (Å²) >= 11 is 3.92. The molecule has 2 atom stereocenters. The Morgan fingerprint density at radius 3 is 2.50 bits per heavy atom. The lowest BCUT2D eigenvalue weighted by Gasteiger charge is -2.17. The molecule has 3 nitrogen and oxygen atoms in total. The molecule has 4 N–H and O–H groups in total. The molecule has 0 heterocycles. The molecule has 14 heavy (non-hydrogen) atoms. The largest absolute Gasteiger partial charge is 0.399 e. The van der Waals surface area contributed by atoms with Crippen LogP contribution in [0.1, 0.15) is 17.2 Å². The van der Waals surface area contributed by atoms with E-state index in [9.17, 15) is 10.2 Å². The van der Waals surface area contributed by atoms with Gasteiger partial charge in [-0.2, -0.15) is 12.6 Å². The zero-order valence-corrected chi connectivity index (χ0v) is 8.91.